The number of tetrazole rings is 1. The van der Waals surface area contributed by atoms with Crippen molar-refractivity contribution in [3.05, 3.63) is 66.2 Å². The largest absolute Gasteiger partial charge is 0.336 e. The minimum Gasteiger partial charge on any atom is -0.336 e. The van der Waals surface area contributed by atoms with Crippen molar-refractivity contribution in [2.45, 2.75) is 19.9 Å². The second-order valence-corrected chi connectivity index (χ2v) is 5.84. The maximum absolute atomic E-state index is 4.48. The van der Waals surface area contributed by atoms with Crippen molar-refractivity contribution in [2.75, 3.05) is 0 Å². The van der Waals surface area contributed by atoms with Crippen LogP contribution in [0.2, 0.25) is 0 Å². The van der Waals surface area contributed by atoms with E-state index in [-0.39, 0.29) is 0 Å². The van der Waals surface area contributed by atoms with Gasteiger partial charge in [-0.3, -0.25) is 4.98 Å². The van der Waals surface area contributed by atoms with Crippen molar-refractivity contribution in [1.29, 1.82) is 0 Å². The third-order valence-corrected chi connectivity index (χ3v) is 4.16. The van der Waals surface area contributed by atoms with Crippen molar-refractivity contribution in [2.24, 2.45) is 0 Å². The van der Waals surface area contributed by atoms with E-state index >= 15 is 0 Å². The van der Waals surface area contributed by atoms with Crippen LogP contribution < -0.4 is 0 Å². The summed E-state index contributed by atoms with van der Waals surface area (Å²) in [5.41, 5.74) is 5.15. The molecule has 0 aliphatic heterocycles. The number of hydrogen-bond acceptors (Lipinski definition) is 5. The van der Waals surface area contributed by atoms with Crippen molar-refractivity contribution in [3.63, 3.8) is 0 Å². The zero-order chi connectivity index (χ0) is 17.1. The van der Waals surface area contributed by atoms with E-state index in [9.17, 15) is 0 Å². The molecule has 0 spiro atoms. The van der Waals surface area contributed by atoms with Crippen LogP contribution in [-0.2, 0) is 13.0 Å². The van der Waals surface area contributed by atoms with Crippen molar-refractivity contribution in [3.8, 4) is 22.8 Å². The van der Waals surface area contributed by atoms with Gasteiger partial charge >= 0.3 is 0 Å². The van der Waals surface area contributed by atoms with Gasteiger partial charge in [0.25, 0.3) is 0 Å². The quantitative estimate of drug-likeness (QED) is 0.608. The zero-order valence-electron chi connectivity index (χ0n) is 13.8. The molecule has 0 amide bonds. The number of rotatable bonds is 5. The Morgan fingerprint density at radius 3 is 2.84 bits per heavy atom. The molecule has 7 nitrogen and oxygen atoms in total. The van der Waals surface area contributed by atoms with E-state index < -0.39 is 0 Å². The summed E-state index contributed by atoms with van der Waals surface area (Å²) in [6.45, 7) is 3.02. The first-order valence-electron chi connectivity index (χ1n) is 8.06. The summed E-state index contributed by atoms with van der Waals surface area (Å²) in [4.78, 5) is 8.88. The van der Waals surface area contributed by atoms with Gasteiger partial charge in [-0.15, -0.1) is 10.2 Å². The van der Waals surface area contributed by atoms with Gasteiger partial charge in [0, 0.05) is 24.5 Å². The number of aromatic nitrogens is 7. The maximum atomic E-state index is 4.48. The van der Waals surface area contributed by atoms with E-state index in [4.69, 9.17) is 0 Å². The fraction of sp³-hybridized carbons (Fsp3) is 0.167. The summed E-state index contributed by atoms with van der Waals surface area (Å²) in [5.74, 6) is 0.544. The summed E-state index contributed by atoms with van der Waals surface area (Å²) in [6.07, 6.45) is 6.56. The van der Waals surface area contributed by atoms with Crippen molar-refractivity contribution < 1.29 is 0 Å². The van der Waals surface area contributed by atoms with Gasteiger partial charge in [-0.2, -0.15) is 5.21 Å². The molecule has 3 heterocycles. The van der Waals surface area contributed by atoms with Crippen LogP contribution in [0.1, 0.15) is 11.1 Å². The Bertz CT molecular complexity index is 973. The molecular weight excluding hydrogens is 314 g/mol. The number of nitrogens with zero attached hydrogens (tertiary/aromatic N) is 6. The van der Waals surface area contributed by atoms with Gasteiger partial charge in [-0.25, -0.2) is 4.98 Å². The van der Waals surface area contributed by atoms with Crippen LogP contribution in [0, 0.1) is 6.92 Å². The van der Waals surface area contributed by atoms with Crippen molar-refractivity contribution >= 4 is 0 Å². The maximum Gasteiger partial charge on any atom is 0.204 e. The minimum atomic E-state index is 0.544. The summed E-state index contributed by atoms with van der Waals surface area (Å²) in [5, 5.41) is 14.0. The third-order valence-electron chi connectivity index (χ3n) is 4.16. The number of benzene rings is 1. The molecule has 0 saturated carbocycles. The molecule has 4 rings (SSSR count). The van der Waals surface area contributed by atoms with E-state index in [0.717, 1.165) is 29.9 Å². The fourth-order valence-electron chi connectivity index (χ4n) is 2.75. The lowest BCUT2D eigenvalue weighted by Gasteiger charge is -2.05. The highest BCUT2D eigenvalue weighted by Gasteiger charge is 2.08. The first-order chi connectivity index (χ1) is 12.3. The molecule has 0 aliphatic rings. The smallest absolute Gasteiger partial charge is 0.204 e. The molecule has 7 heteroatoms. The molecule has 0 bridgehead atoms. The molecule has 124 valence electrons. The molecule has 0 atom stereocenters. The lowest BCUT2D eigenvalue weighted by Crippen LogP contribution is -1.99. The number of H-pyrrole nitrogens is 1. The number of nitrogens with one attached hydrogen (secondary N) is 1. The van der Waals surface area contributed by atoms with Gasteiger partial charge in [-0.1, -0.05) is 24.3 Å². The van der Waals surface area contributed by atoms with E-state index in [1.807, 2.05) is 24.7 Å². The molecule has 1 aromatic carbocycles. The normalized spacial score (nSPS) is 10.9. The molecular formula is C18H17N7. The van der Waals surface area contributed by atoms with Gasteiger partial charge in [0.05, 0.1) is 12.0 Å². The van der Waals surface area contributed by atoms with Gasteiger partial charge in [0.15, 0.2) is 0 Å². The molecule has 3 aromatic heterocycles. The lowest BCUT2D eigenvalue weighted by atomic mass is 10.1. The SMILES string of the molecule is Cc1ccccc1CCn1cnc(-c2cc(-c3nn[nH]n3)ccn2)c1. The molecule has 1 N–H and O–H groups in total. The fourth-order valence-corrected chi connectivity index (χ4v) is 2.75. The zero-order valence-corrected chi connectivity index (χ0v) is 13.8. The highest BCUT2D eigenvalue weighted by Crippen LogP contribution is 2.20. The Morgan fingerprint density at radius 1 is 1.08 bits per heavy atom. The number of aromatic amines is 1. The molecule has 0 radical (unpaired) electrons. The Labute approximate surface area is 144 Å². The highest BCUT2D eigenvalue weighted by molar-refractivity contribution is 5.63. The predicted octanol–water partition coefficient (Wildman–Crippen LogP) is 2.68. The Kier molecular flexibility index (Phi) is 4.04. The summed E-state index contributed by atoms with van der Waals surface area (Å²) < 4.78 is 2.09. The van der Waals surface area contributed by atoms with Crippen LogP contribution in [0.3, 0.4) is 0 Å². The number of imidazole rings is 1. The second-order valence-electron chi connectivity index (χ2n) is 5.84. The molecule has 4 aromatic rings. The Morgan fingerprint density at radius 2 is 2.00 bits per heavy atom. The first kappa shape index (κ1) is 15.2. The number of pyridine rings is 1. The highest BCUT2D eigenvalue weighted by atomic mass is 15.5. The monoisotopic (exact) mass is 331 g/mol. The van der Waals surface area contributed by atoms with Gasteiger partial charge in [-0.05, 0) is 41.8 Å². The van der Waals surface area contributed by atoms with E-state index in [1.54, 1.807) is 6.20 Å². The van der Waals surface area contributed by atoms with Crippen LogP contribution in [0.4, 0.5) is 0 Å². The average molecular weight is 331 g/mol. The van der Waals surface area contributed by atoms with Gasteiger partial charge < -0.3 is 4.57 Å². The van der Waals surface area contributed by atoms with Crippen LogP contribution >= 0.6 is 0 Å². The summed E-state index contributed by atoms with van der Waals surface area (Å²) in [6, 6.07) is 12.2. The lowest BCUT2D eigenvalue weighted by molar-refractivity contribution is 0.694. The number of hydrogen-bond donors (Lipinski definition) is 1. The Hall–Kier alpha value is -3.35. The van der Waals surface area contributed by atoms with Gasteiger partial charge in [0.2, 0.25) is 5.82 Å². The summed E-state index contributed by atoms with van der Waals surface area (Å²) in [7, 11) is 0. The first-order valence-corrected chi connectivity index (χ1v) is 8.06. The Balaban J connectivity index is 1.52. The van der Waals surface area contributed by atoms with E-state index in [2.05, 4.69) is 66.3 Å². The predicted molar refractivity (Wildman–Crippen MR) is 93.5 cm³/mol. The van der Waals surface area contributed by atoms with E-state index in [1.165, 1.54) is 11.1 Å². The third kappa shape index (κ3) is 3.30. The van der Waals surface area contributed by atoms with Gasteiger partial charge in [0.1, 0.15) is 5.69 Å². The molecule has 0 aliphatic carbocycles. The van der Waals surface area contributed by atoms with Crippen LogP contribution in [0.5, 0.6) is 0 Å². The average Bonchev–Trinajstić information content (AvgIpc) is 3.33. The molecule has 25 heavy (non-hydrogen) atoms. The van der Waals surface area contributed by atoms with E-state index in [0.29, 0.717) is 5.82 Å². The minimum absolute atomic E-state index is 0.544. The molecule has 0 fully saturated rings. The summed E-state index contributed by atoms with van der Waals surface area (Å²) >= 11 is 0. The molecule has 0 saturated heterocycles. The van der Waals surface area contributed by atoms with Crippen LogP contribution in [0.25, 0.3) is 22.8 Å². The number of aryl methyl sites for hydroxylation is 3. The molecule has 0 unspecified atom stereocenters. The van der Waals surface area contributed by atoms with Crippen molar-refractivity contribution in [1.82, 2.24) is 35.2 Å². The van der Waals surface area contributed by atoms with Crippen LogP contribution in [-0.4, -0.2) is 35.2 Å². The van der Waals surface area contributed by atoms with Crippen LogP contribution in [0.15, 0.2) is 55.1 Å². The second kappa shape index (κ2) is 6.64. The topological polar surface area (TPSA) is 85.2 Å². The standard InChI is InChI=1S/C18H17N7/c1-13-4-2-3-5-14(13)7-9-25-11-17(20-12-25)16-10-15(6-8-19-16)18-21-23-24-22-18/h2-6,8,10-12H,7,9H2,1H3,(H,21,22,23,24).